The van der Waals surface area contributed by atoms with Gasteiger partial charge in [-0.2, -0.15) is 0 Å². The van der Waals surface area contributed by atoms with Gasteiger partial charge in [0, 0.05) is 41.1 Å². The van der Waals surface area contributed by atoms with E-state index in [1.54, 1.807) is 18.2 Å². The lowest BCUT2D eigenvalue weighted by Crippen LogP contribution is -2.49. The summed E-state index contributed by atoms with van der Waals surface area (Å²) in [4.78, 5) is 29.7. The van der Waals surface area contributed by atoms with Gasteiger partial charge in [0.05, 0.1) is 25.7 Å². The quantitative estimate of drug-likeness (QED) is 0.779. The molecule has 158 valence electrons. The molecular weight excluding hydrogens is 425 g/mol. The summed E-state index contributed by atoms with van der Waals surface area (Å²) >= 11 is 12.0. The van der Waals surface area contributed by atoms with Crippen LogP contribution in [0.15, 0.2) is 42.5 Å². The van der Waals surface area contributed by atoms with E-state index in [4.69, 9.17) is 27.9 Å². The van der Waals surface area contributed by atoms with Crippen molar-refractivity contribution in [3.05, 3.63) is 58.1 Å². The van der Waals surface area contributed by atoms with Crippen molar-refractivity contribution in [2.75, 3.05) is 49.6 Å². The van der Waals surface area contributed by atoms with Crippen molar-refractivity contribution in [1.82, 2.24) is 4.90 Å². The summed E-state index contributed by atoms with van der Waals surface area (Å²) in [6, 6.07) is 12.9. The number of hydrogen-bond acceptors (Lipinski definition) is 4. The van der Waals surface area contributed by atoms with Gasteiger partial charge in [0.15, 0.2) is 0 Å². The second-order valence-corrected chi connectivity index (χ2v) is 8.43. The summed E-state index contributed by atoms with van der Waals surface area (Å²) in [5.74, 6) is -0.256. The first-order valence-corrected chi connectivity index (χ1v) is 10.7. The lowest BCUT2D eigenvalue weighted by molar-refractivity contribution is -0.139. The minimum atomic E-state index is -0.192. The number of nitrogens with one attached hydrogen (secondary N) is 1. The molecule has 1 N–H and O–H groups in total. The van der Waals surface area contributed by atoms with Crippen LogP contribution in [0.4, 0.5) is 11.4 Å². The summed E-state index contributed by atoms with van der Waals surface area (Å²) in [7, 11) is 0. The minimum Gasteiger partial charge on any atom is -0.378 e. The van der Waals surface area contributed by atoms with Crippen LogP contribution in [-0.2, 0) is 20.7 Å². The Labute approximate surface area is 185 Å². The van der Waals surface area contributed by atoms with Gasteiger partial charge in [-0.25, -0.2) is 0 Å². The molecule has 2 aliphatic heterocycles. The molecule has 6 nitrogen and oxygen atoms in total. The molecule has 4 rings (SSSR count). The molecule has 1 saturated heterocycles. The third-order valence-electron chi connectivity index (χ3n) is 5.39. The molecule has 1 atom stereocenters. The highest BCUT2D eigenvalue weighted by Crippen LogP contribution is 2.31. The Morgan fingerprint density at radius 2 is 1.77 bits per heavy atom. The molecule has 2 amide bonds. The first kappa shape index (κ1) is 21.0. The second kappa shape index (κ2) is 9.25. The number of nitrogens with zero attached hydrogens (tertiary/aromatic N) is 2. The highest BCUT2D eigenvalue weighted by Gasteiger charge is 2.33. The first-order valence-electron chi connectivity index (χ1n) is 9.95. The zero-order chi connectivity index (χ0) is 21.1. The van der Waals surface area contributed by atoms with Crippen molar-refractivity contribution >= 4 is 46.4 Å². The number of carbonyl (C=O) groups excluding carboxylic acids is 2. The van der Waals surface area contributed by atoms with Gasteiger partial charge in [-0.05, 0) is 36.2 Å². The van der Waals surface area contributed by atoms with Gasteiger partial charge in [-0.15, -0.1) is 0 Å². The number of hydrogen-bond donors (Lipinski definition) is 1. The predicted octanol–water partition coefficient (Wildman–Crippen LogP) is 3.47. The lowest BCUT2D eigenvalue weighted by atomic mass is 9.91. The van der Waals surface area contributed by atoms with Crippen LogP contribution in [0, 0.1) is 5.92 Å². The van der Waals surface area contributed by atoms with Crippen LogP contribution >= 0.6 is 23.2 Å². The Balaban J connectivity index is 1.49. The SMILES string of the molecule is O=C(CN1CC(C(=O)N2CCOCC2)Cc2ccccc21)Nc1cc(Cl)cc(Cl)c1. The number of halogens is 2. The molecule has 1 unspecified atom stereocenters. The summed E-state index contributed by atoms with van der Waals surface area (Å²) in [6.45, 7) is 3.01. The number of fused-ring (bicyclic) bond motifs is 1. The number of rotatable bonds is 4. The predicted molar refractivity (Wildman–Crippen MR) is 118 cm³/mol. The van der Waals surface area contributed by atoms with Crippen molar-refractivity contribution in [3.8, 4) is 0 Å². The third kappa shape index (κ3) is 4.89. The molecular formula is C22H23Cl2N3O3. The molecule has 2 heterocycles. The van der Waals surface area contributed by atoms with E-state index in [9.17, 15) is 9.59 Å². The molecule has 0 spiro atoms. The summed E-state index contributed by atoms with van der Waals surface area (Å²) in [5, 5.41) is 3.76. The molecule has 0 aliphatic carbocycles. The first-order chi connectivity index (χ1) is 14.5. The van der Waals surface area contributed by atoms with Crippen LogP contribution in [0.25, 0.3) is 0 Å². The van der Waals surface area contributed by atoms with E-state index in [-0.39, 0.29) is 24.3 Å². The maximum Gasteiger partial charge on any atom is 0.243 e. The van der Waals surface area contributed by atoms with Gasteiger partial charge in [-0.1, -0.05) is 41.4 Å². The molecule has 2 aliphatic rings. The average molecular weight is 448 g/mol. The largest absolute Gasteiger partial charge is 0.378 e. The number of para-hydroxylation sites is 1. The van der Waals surface area contributed by atoms with Crippen LogP contribution in [0.2, 0.25) is 10.0 Å². The standard InChI is InChI=1S/C22H23Cl2N3O3/c23-17-10-18(24)12-19(11-17)25-21(28)14-27-13-16(9-15-3-1-2-4-20(15)27)22(29)26-5-7-30-8-6-26/h1-4,10-12,16H,5-9,13-14H2,(H,25,28). The van der Waals surface area contributed by atoms with Gasteiger partial charge in [0.25, 0.3) is 0 Å². The molecule has 0 radical (unpaired) electrons. The number of morpholine rings is 1. The number of ether oxygens (including phenoxy) is 1. The van der Waals surface area contributed by atoms with Crippen molar-refractivity contribution in [1.29, 1.82) is 0 Å². The van der Waals surface area contributed by atoms with E-state index in [0.29, 0.717) is 55.0 Å². The monoisotopic (exact) mass is 447 g/mol. The number of amides is 2. The Hall–Kier alpha value is -2.28. The average Bonchev–Trinajstić information content (AvgIpc) is 2.73. The van der Waals surface area contributed by atoms with E-state index in [1.807, 2.05) is 34.1 Å². The van der Waals surface area contributed by atoms with Crippen molar-refractivity contribution in [3.63, 3.8) is 0 Å². The fourth-order valence-corrected chi connectivity index (χ4v) is 4.57. The van der Waals surface area contributed by atoms with Gasteiger partial charge < -0.3 is 19.9 Å². The molecule has 0 aromatic heterocycles. The topological polar surface area (TPSA) is 61.9 Å². The minimum absolute atomic E-state index is 0.125. The molecule has 30 heavy (non-hydrogen) atoms. The highest BCUT2D eigenvalue weighted by atomic mass is 35.5. The molecule has 8 heteroatoms. The normalized spacial score (nSPS) is 18.7. The smallest absolute Gasteiger partial charge is 0.243 e. The Morgan fingerprint density at radius 3 is 2.50 bits per heavy atom. The molecule has 0 saturated carbocycles. The zero-order valence-electron chi connectivity index (χ0n) is 16.4. The lowest BCUT2D eigenvalue weighted by Gasteiger charge is -2.38. The van der Waals surface area contributed by atoms with Crippen LogP contribution in [0.1, 0.15) is 5.56 Å². The van der Waals surface area contributed by atoms with Crippen LogP contribution in [-0.4, -0.2) is 56.1 Å². The summed E-state index contributed by atoms with van der Waals surface area (Å²) in [6.07, 6.45) is 0.675. The number of anilines is 2. The summed E-state index contributed by atoms with van der Waals surface area (Å²) in [5.41, 5.74) is 2.61. The Kier molecular flexibility index (Phi) is 6.46. The maximum atomic E-state index is 13.1. The Morgan fingerprint density at radius 1 is 1.07 bits per heavy atom. The van der Waals surface area contributed by atoms with Crippen LogP contribution < -0.4 is 10.2 Å². The van der Waals surface area contributed by atoms with E-state index in [0.717, 1.165) is 11.3 Å². The number of benzene rings is 2. The van der Waals surface area contributed by atoms with Gasteiger partial charge in [0.1, 0.15) is 0 Å². The van der Waals surface area contributed by atoms with Crippen molar-refractivity contribution in [2.24, 2.45) is 5.92 Å². The fourth-order valence-electron chi connectivity index (χ4n) is 4.04. The van der Waals surface area contributed by atoms with E-state index in [2.05, 4.69) is 5.32 Å². The maximum absolute atomic E-state index is 13.1. The number of carbonyl (C=O) groups is 2. The molecule has 2 aromatic rings. The van der Waals surface area contributed by atoms with E-state index >= 15 is 0 Å². The molecule has 2 aromatic carbocycles. The Bertz CT molecular complexity index is 927. The zero-order valence-corrected chi connectivity index (χ0v) is 18.0. The fraction of sp³-hybridized carbons (Fsp3) is 0.364. The van der Waals surface area contributed by atoms with Crippen LogP contribution in [0.5, 0.6) is 0 Å². The second-order valence-electron chi connectivity index (χ2n) is 7.55. The molecule has 1 fully saturated rings. The molecule has 0 bridgehead atoms. The van der Waals surface area contributed by atoms with Crippen molar-refractivity contribution in [2.45, 2.75) is 6.42 Å². The highest BCUT2D eigenvalue weighted by molar-refractivity contribution is 6.35. The van der Waals surface area contributed by atoms with Crippen LogP contribution in [0.3, 0.4) is 0 Å². The summed E-state index contributed by atoms with van der Waals surface area (Å²) < 4.78 is 5.36. The third-order valence-corrected chi connectivity index (χ3v) is 5.83. The van der Waals surface area contributed by atoms with Crippen molar-refractivity contribution < 1.29 is 14.3 Å². The van der Waals surface area contributed by atoms with Gasteiger partial charge in [-0.3, -0.25) is 9.59 Å². The van der Waals surface area contributed by atoms with Gasteiger partial charge in [0.2, 0.25) is 11.8 Å². The van der Waals surface area contributed by atoms with Gasteiger partial charge >= 0.3 is 0 Å². The van der Waals surface area contributed by atoms with E-state index in [1.165, 1.54) is 0 Å². The van der Waals surface area contributed by atoms with E-state index < -0.39 is 0 Å².